The number of aromatic amines is 1. The second-order valence-electron chi connectivity index (χ2n) is 6.03. The lowest BCUT2D eigenvalue weighted by molar-refractivity contribution is 0.0706. The molecule has 0 aliphatic carbocycles. The maximum Gasteiger partial charge on any atom is 0.256 e. The molecule has 0 radical (unpaired) electrons. The lowest BCUT2D eigenvalue weighted by atomic mass is 9.91. The zero-order chi connectivity index (χ0) is 16.5. The molecule has 0 spiro atoms. The molecular formula is C16H17N5O2S. The number of aromatic nitrogens is 4. The van der Waals surface area contributed by atoms with E-state index in [1.165, 1.54) is 11.5 Å². The Kier molecular flexibility index (Phi) is 3.89. The van der Waals surface area contributed by atoms with Crippen LogP contribution in [0.5, 0.6) is 0 Å². The average Bonchev–Trinajstić information content (AvgIpc) is 3.35. The number of hydrogen-bond donors (Lipinski definition) is 1. The summed E-state index contributed by atoms with van der Waals surface area (Å²) in [6.07, 6.45) is 5.37. The van der Waals surface area contributed by atoms with Crippen LogP contribution in [0.15, 0.2) is 28.4 Å². The standard InChI is InChI=1S/C16H17N5O2S/c1-10-5-14(23-20-10)13-7-17-19-15(13)11-3-2-4-21(8-11)16(22)12-6-18-24-9-12/h5-7,9,11H,2-4,8H2,1H3,(H,17,19)/t11-/m0/s1. The predicted octanol–water partition coefficient (Wildman–Crippen LogP) is 2.85. The first-order valence-electron chi connectivity index (χ1n) is 7.88. The maximum atomic E-state index is 12.6. The van der Waals surface area contributed by atoms with Crippen LogP contribution in [-0.4, -0.2) is 43.6 Å². The second-order valence-corrected chi connectivity index (χ2v) is 6.69. The molecule has 1 aliphatic heterocycles. The Balaban J connectivity index is 1.57. The first-order chi connectivity index (χ1) is 11.7. The lowest BCUT2D eigenvalue weighted by Gasteiger charge is -2.32. The van der Waals surface area contributed by atoms with Gasteiger partial charge in [0.05, 0.1) is 34.9 Å². The van der Waals surface area contributed by atoms with E-state index in [4.69, 9.17) is 4.52 Å². The van der Waals surface area contributed by atoms with Crippen LogP contribution in [0.2, 0.25) is 0 Å². The fraction of sp³-hybridized carbons (Fsp3) is 0.375. The zero-order valence-electron chi connectivity index (χ0n) is 13.2. The summed E-state index contributed by atoms with van der Waals surface area (Å²) >= 11 is 1.30. The summed E-state index contributed by atoms with van der Waals surface area (Å²) in [5, 5.41) is 13.0. The monoisotopic (exact) mass is 343 g/mol. The van der Waals surface area contributed by atoms with E-state index in [0.29, 0.717) is 17.9 Å². The van der Waals surface area contributed by atoms with Gasteiger partial charge >= 0.3 is 0 Å². The van der Waals surface area contributed by atoms with Crippen LogP contribution in [0.25, 0.3) is 11.3 Å². The van der Waals surface area contributed by atoms with Crippen molar-refractivity contribution in [3.63, 3.8) is 0 Å². The molecule has 3 aromatic rings. The van der Waals surface area contributed by atoms with E-state index in [2.05, 4.69) is 19.7 Å². The summed E-state index contributed by atoms with van der Waals surface area (Å²) in [7, 11) is 0. The number of carbonyl (C=O) groups is 1. The molecule has 24 heavy (non-hydrogen) atoms. The van der Waals surface area contributed by atoms with Gasteiger partial charge in [-0.3, -0.25) is 9.89 Å². The molecule has 1 N–H and O–H groups in total. The van der Waals surface area contributed by atoms with E-state index in [9.17, 15) is 4.79 Å². The third-order valence-electron chi connectivity index (χ3n) is 4.36. The van der Waals surface area contributed by atoms with Crippen molar-refractivity contribution in [1.29, 1.82) is 0 Å². The van der Waals surface area contributed by atoms with Crippen LogP contribution in [-0.2, 0) is 0 Å². The summed E-state index contributed by atoms with van der Waals surface area (Å²) in [4.78, 5) is 14.5. The van der Waals surface area contributed by atoms with Crippen LogP contribution >= 0.6 is 11.5 Å². The molecule has 0 saturated carbocycles. The minimum Gasteiger partial charge on any atom is -0.356 e. The topological polar surface area (TPSA) is 87.9 Å². The van der Waals surface area contributed by atoms with E-state index < -0.39 is 0 Å². The van der Waals surface area contributed by atoms with Gasteiger partial charge in [-0.15, -0.1) is 0 Å². The molecule has 124 valence electrons. The summed E-state index contributed by atoms with van der Waals surface area (Å²) in [6, 6.07) is 1.90. The van der Waals surface area contributed by atoms with Gasteiger partial charge in [-0.05, 0) is 31.3 Å². The van der Waals surface area contributed by atoms with Crippen LogP contribution in [0.4, 0.5) is 0 Å². The Morgan fingerprint density at radius 3 is 3.12 bits per heavy atom. The summed E-state index contributed by atoms with van der Waals surface area (Å²) in [5.41, 5.74) is 3.43. The SMILES string of the molecule is Cc1cc(-c2cn[nH]c2[C@H]2CCCN(C(=O)c3cnsc3)C2)on1. The molecule has 0 aromatic carbocycles. The number of H-pyrrole nitrogens is 1. The van der Waals surface area contributed by atoms with E-state index in [-0.39, 0.29) is 11.8 Å². The molecule has 3 aromatic heterocycles. The van der Waals surface area contributed by atoms with Gasteiger partial charge < -0.3 is 9.42 Å². The third-order valence-corrected chi connectivity index (χ3v) is 4.94. The second kappa shape index (κ2) is 6.20. The fourth-order valence-corrected chi connectivity index (χ4v) is 3.70. The number of aryl methyl sites for hydroxylation is 1. The van der Waals surface area contributed by atoms with Crippen molar-refractivity contribution >= 4 is 17.4 Å². The van der Waals surface area contributed by atoms with Crippen LogP contribution in [0, 0.1) is 6.92 Å². The Bertz CT molecular complexity index is 838. The Morgan fingerprint density at radius 1 is 1.46 bits per heavy atom. The van der Waals surface area contributed by atoms with Gasteiger partial charge in [0, 0.05) is 30.5 Å². The zero-order valence-corrected chi connectivity index (χ0v) is 14.0. The predicted molar refractivity (Wildman–Crippen MR) is 88.8 cm³/mol. The Morgan fingerprint density at radius 2 is 2.38 bits per heavy atom. The summed E-state index contributed by atoms with van der Waals surface area (Å²) in [5.74, 6) is 0.962. The van der Waals surface area contributed by atoms with Gasteiger partial charge in [0.15, 0.2) is 5.76 Å². The Hall–Kier alpha value is -2.48. The largest absolute Gasteiger partial charge is 0.356 e. The fourth-order valence-electron chi connectivity index (χ4n) is 3.18. The van der Waals surface area contributed by atoms with Crippen LogP contribution in [0.1, 0.15) is 40.5 Å². The van der Waals surface area contributed by atoms with Crippen molar-refractivity contribution in [3.8, 4) is 11.3 Å². The van der Waals surface area contributed by atoms with Gasteiger partial charge in [-0.1, -0.05) is 5.16 Å². The van der Waals surface area contributed by atoms with E-state index >= 15 is 0 Å². The number of likely N-dealkylation sites (tertiary alicyclic amines) is 1. The Labute approximate surface area is 142 Å². The molecule has 4 rings (SSSR count). The normalized spacial score (nSPS) is 18.0. The molecule has 1 amide bonds. The number of amides is 1. The molecule has 1 saturated heterocycles. The van der Waals surface area contributed by atoms with Gasteiger partial charge in [0.1, 0.15) is 0 Å². The van der Waals surface area contributed by atoms with E-state index in [0.717, 1.165) is 36.3 Å². The smallest absolute Gasteiger partial charge is 0.256 e. The number of nitrogens with one attached hydrogen (secondary N) is 1. The number of carbonyl (C=O) groups excluding carboxylic acids is 1. The molecule has 1 fully saturated rings. The maximum absolute atomic E-state index is 12.6. The quantitative estimate of drug-likeness (QED) is 0.790. The highest BCUT2D eigenvalue weighted by Gasteiger charge is 2.29. The van der Waals surface area contributed by atoms with Crippen molar-refractivity contribution in [2.45, 2.75) is 25.7 Å². The van der Waals surface area contributed by atoms with E-state index in [1.54, 1.807) is 17.8 Å². The van der Waals surface area contributed by atoms with Crippen molar-refractivity contribution in [2.24, 2.45) is 0 Å². The summed E-state index contributed by atoms with van der Waals surface area (Å²) in [6.45, 7) is 3.33. The first-order valence-corrected chi connectivity index (χ1v) is 8.71. The first kappa shape index (κ1) is 15.1. The van der Waals surface area contributed by atoms with Crippen molar-refractivity contribution in [1.82, 2.24) is 24.6 Å². The molecule has 8 heteroatoms. The highest BCUT2D eigenvalue weighted by molar-refractivity contribution is 7.03. The molecule has 0 bridgehead atoms. The van der Waals surface area contributed by atoms with E-state index in [1.807, 2.05) is 17.9 Å². The molecule has 0 unspecified atom stereocenters. The number of rotatable bonds is 3. The molecule has 1 aliphatic rings. The number of nitrogens with zero attached hydrogens (tertiary/aromatic N) is 4. The molecule has 4 heterocycles. The number of piperidine rings is 1. The lowest BCUT2D eigenvalue weighted by Crippen LogP contribution is -2.39. The van der Waals surface area contributed by atoms with Gasteiger partial charge in [-0.25, -0.2) is 4.37 Å². The van der Waals surface area contributed by atoms with Crippen LogP contribution in [0.3, 0.4) is 0 Å². The summed E-state index contributed by atoms with van der Waals surface area (Å²) < 4.78 is 9.40. The molecule has 7 nitrogen and oxygen atoms in total. The van der Waals surface area contributed by atoms with Gasteiger partial charge in [-0.2, -0.15) is 5.10 Å². The third kappa shape index (κ3) is 2.73. The molecular weight excluding hydrogens is 326 g/mol. The van der Waals surface area contributed by atoms with Crippen molar-refractivity contribution in [2.75, 3.05) is 13.1 Å². The minimum atomic E-state index is 0.0463. The van der Waals surface area contributed by atoms with Crippen LogP contribution < -0.4 is 0 Å². The molecule has 1 atom stereocenters. The average molecular weight is 343 g/mol. The van der Waals surface area contributed by atoms with Crippen molar-refractivity contribution < 1.29 is 9.32 Å². The van der Waals surface area contributed by atoms with Crippen molar-refractivity contribution in [3.05, 3.63) is 40.8 Å². The highest BCUT2D eigenvalue weighted by atomic mass is 32.1. The highest BCUT2D eigenvalue weighted by Crippen LogP contribution is 2.33. The van der Waals surface area contributed by atoms with Gasteiger partial charge in [0.2, 0.25) is 0 Å². The van der Waals surface area contributed by atoms with Gasteiger partial charge in [0.25, 0.3) is 5.91 Å². The minimum absolute atomic E-state index is 0.0463. The number of hydrogen-bond acceptors (Lipinski definition) is 6.